The quantitative estimate of drug-likeness (QED) is 0.561. The molecular formula is C21H21F3N4O3. The van der Waals surface area contributed by atoms with Gasteiger partial charge < -0.3 is 15.2 Å². The van der Waals surface area contributed by atoms with Crippen LogP contribution in [0.4, 0.5) is 18.9 Å². The zero-order valence-corrected chi connectivity index (χ0v) is 16.6. The smallest absolute Gasteiger partial charge is 0.419 e. The number of nitrogens with zero attached hydrogens (tertiary/aromatic N) is 3. The minimum Gasteiger partial charge on any atom is -0.488 e. The van der Waals surface area contributed by atoms with Crippen molar-refractivity contribution in [3.05, 3.63) is 71.8 Å². The van der Waals surface area contributed by atoms with Crippen molar-refractivity contribution in [3.8, 4) is 5.75 Å². The molecule has 1 unspecified atom stereocenters. The number of carbonyl (C=O) groups excluding carboxylic acids is 1. The lowest BCUT2D eigenvalue weighted by molar-refractivity contribution is -0.139. The molecule has 2 heterocycles. The normalized spacial score (nSPS) is 12.4. The number of hydrogen-bond donors (Lipinski definition) is 2. The van der Waals surface area contributed by atoms with Gasteiger partial charge in [-0.15, -0.1) is 0 Å². The number of ether oxygens (including phenoxy) is 1. The molecule has 10 heteroatoms. The molecule has 164 valence electrons. The number of halogens is 3. The molecule has 1 atom stereocenters. The van der Waals surface area contributed by atoms with Crippen LogP contribution in [0.15, 0.2) is 55.0 Å². The molecule has 0 saturated carbocycles. The molecule has 1 amide bonds. The standard InChI is InChI=1S/C21H21F3N4O3/c1-2-16(29)12-28-11-15(10-26-28)27-20(30)18-9-14(7-8-25-18)13-31-19-6-4-3-5-17(19)21(22,23)24/h3-11,16,29H,2,12-13H2,1H3,(H,27,30). The highest BCUT2D eigenvalue weighted by Gasteiger charge is 2.34. The summed E-state index contributed by atoms with van der Waals surface area (Å²) in [6.07, 6.45) is -0.0846. The van der Waals surface area contributed by atoms with E-state index in [1.165, 1.54) is 41.3 Å². The van der Waals surface area contributed by atoms with E-state index in [0.29, 0.717) is 24.2 Å². The van der Waals surface area contributed by atoms with Gasteiger partial charge in [0.1, 0.15) is 18.1 Å². The minimum absolute atomic E-state index is 0.0755. The molecular weight excluding hydrogens is 413 g/mol. The number of alkyl halides is 3. The highest BCUT2D eigenvalue weighted by atomic mass is 19.4. The molecule has 3 rings (SSSR count). The highest BCUT2D eigenvalue weighted by molar-refractivity contribution is 6.02. The fourth-order valence-electron chi connectivity index (χ4n) is 2.74. The van der Waals surface area contributed by atoms with Crippen LogP contribution in [0.5, 0.6) is 5.75 Å². The number of aliphatic hydroxyl groups is 1. The lowest BCUT2D eigenvalue weighted by Gasteiger charge is -2.14. The van der Waals surface area contributed by atoms with Crippen molar-refractivity contribution in [3.63, 3.8) is 0 Å². The van der Waals surface area contributed by atoms with Crippen LogP contribution in [-0.4, -0.2) is 31.9 Å². The average molecular weight is 434 g/mol. The van der Waals surface area contributed by atoms with Crippen LogP contribution < -0.4 is 10.1 Å². The van der Waals surface area contributed by atoms with Gasteiger partial charge in [-0.25, -0.2) is 0 Å². The summed E-state index contributed by atoms with van der Waals surface area (Å²) in [5.74, 6) is -0.798. The number of carbonyl (C=O) groups is 1. The summed E-state index contributed by atoms with van der Waals surface area (Å²) in [6, 6.07) is 7.92. The maximum atomic E-state index is 13.1. The second-order valence-corrected chi connectivity index (χ2v) is 6.80. The first-order valence-corrected chi connectivity index (χ1v) is 9.52. The van der Waals surface area contributed by atoms with Gasteiger partial charge in [0.05, 0.1) is 30.1 Å². The van der Waals surface area contributed by atoms with Crippen LogP contribution in [-0.2, 0) is 19.3 Å². The van der Waals surface area contributed by atoms with Crippen molar-refractivity contribution in [1.29, 1.82) is 0 Å². The Balaban J connectivity index is 1.65. The number of hydrogen-bond acceptors (Lipinski definition) is 5. The first-order valence-electron chi connectivity index (χ1n) is 9.52. The van der Waals surface area contributed by atoms with Crippen LogP contribution in [0.2, 0.25) is 0 Å². The van der Waals surface area contributed by atoms with Crippen LogP contribution >= 0.6 is 0 Å². The number of anilines is 1. The second kappa shape index (κ2) is 9.61. The summed E-state index contributed by atoms with van der Waals surface area (Å²) in [6.45, 7) is 1.99. The van der Waals surface area contributed by atoms with Gasteiger partial charge in [0, 0.05) is 12.4 Å². The summed E-state index contributed by atoms with van der Waals surface area (Å²) >= 11 is 0. The maximum absolute atomic E-state index is 13.1. The molecule has 2 N–H and O–H groups in total. The first-order chi connectivity index (χ1) is 14.8. The largest absolute Gasteiger partial charge is 0.488 e. The number of aromatic nitrogens is 3. The van der Waals surface area contributed by atoms with Crippen LogP contribution in [0.1, 0.15) is 35.0 Å². The molecule has 31 heavy (non-hydrogen) atoms. The van der Waals surface area contributed by atoms with Crippen molar-refractivity contribution >= 4 is 11.6 Å². The molecule has 0 fully saturated rings. The van der Waals surface area contributed by atoms with E-state index >= 15 is 0 Å². The Kier molecular flexibility index (Phi) is 6.91. The fraction of sp³-hybridized carbons (Fsp3) is 0.286. The average Bonchev–Trinajstić information content (AvgIpc) is 3.18. The van der Waals surface area contributed by atoms with E-state index in [1.54, 1.807) is 12.3 Å². The number of nitrogens with one attached hydrogen (secondary N) is 1. The summed E-state index contributed by atoms with van der Waals surface area (Å²) in [7, 11) is 0. The van der Waals surface area contributed by atoms with E-state index in [0.717, 1.165) is 6.07 Å². The monoisotopic (exact) mass is 434 g/mol. The Hall–Kier alpha value is -3.40. The van der Waals surface area contributed by atoms with Gasteiger partial charge >= 0.3 is 6.18 Å². The number of amides is 1. The van der Waals surface area contributed by atoms with Crippen molar-refractivity contribution in [2.75, 3.05) is 5.32 Å². The van der Waals surface area contributed by atoms with E-state index in [-0.39, 0.29) is 18.1 Å². The van der Waals surface area contributed by atoms with E-state index in [4.69, 9.17) is 4.74 Å². The number of rotatable bonds is 8. The third-order valence-corrected chi connectivity index (χ3v) is 4.40. The predicted octanol–water partition coefficient (Wildman–Crippen LogP) is 3.90. The van der Waals surface area contributed by atoms with Gasteiger partial charge in [0.2, 0.25) is 0 Å². The summed E-state index contributed by atoms with van der Waals surface area (Å²) in [4.78, 5) is 16.5. The summed E-state index contributed by atoms with van der Waals surface area (Å²) in [5.41, 5.74) is 0.119. The highest BCUT2D eigenvalue weighted by Crippen LogP contribution is 2.36. The van der Waals surface area contributed by atoms with Crippen molar-refractivity contribution in [1.82, 2.24) is 14.8 Å². The Morgan fingerprint density at radius 1 is 1.29 bits per heavy atom. The van der Waals surface area contributed by atoms with E-state index < -0.39 is 23.8 Å². The molecule has 2 aromatic heterocycles. The molecule has 0 aliphatic rings. The Morgan fingerprint density at radius 3 is 2.81 bits per heavy atom. The van der Waals surface area contributed by atoms with Gasteiger partial charge in [-0.2, -0.15) is 18.3 Å². The van der Waals surface area contributed by atoms with Gasteiger partial charge in [-0.3, -0.25) is 14.5 Å². The van der Waals surface area contributed by atoms with Crippen molar-refractivity contribution < 1.29 is 27.8 Å². The number of pyridine rings is 1. The van der Waals surface area contributed by atoms with Crippen molar-refractivity contribution in [2.24, 2.45) is 0 Å². The van der Waals surface area contributed by atoms with Crippen LogP contribution in [0.25, 0.3) is 0 Å². The second-order valence-electron chi connectivity index (χ2n) is 6.80. The maximum Gasteiger partial charge on any atom is 0.419 e. The zero-order valence-electron chi connectivity index (χ0n) is 16.6. The molecule has 1 aromatic carbocycles. The molecule has 0 spiro atoms. The molecule has 0 aliphatic heterocycles. The third kappa shape index (κ3) is 6.05. The van der Waals surface area contributed by atoms with Gasteiger partial charge in [0.15, 0.2) is 0 Å². The number of benzene rings is 1. The lowest BCUT2D eigenvalue weighted by Crippen LogP contribution is -2.15. The predicted molar refractivity (Wildman–Crippen MR) is 106 cm³/mol. The molecule has 0 bridgehead atoms. The first kappa shape index (κ1) is 22.3. The van der Waals surface area contributed by atoms with Gasteiger partial charge in [0.25, 0.3) is 5.91 Å². The topological polar surface area (TPSA) is 89.3 Å². The van der Waals surface area contributed by atoms with Crippen LogP contribution in [0.3, 0.4) is 0 Å². The van der Waals surface area contributed by atoms with E-state index in [9.17, 15) is 23.1 Å². The number of aliphatic hydroxyl groups excluding tert-OH is 1. The summed E-state index contributed by atoms with van der Waals surface area (Å²) < 4.78 is 46.1. The molecule has 0 saturated heterocycles. The summed E-state index contributed by atoms with van der Waals surface area (Å²) in [5, 5.41) is 16.4. The van der Waals surface area contributed by atoms with E-state index in [1.807, 2.05) is 6.92 Å². The third-order valence-electron chi connectivity index (χ3n) is 4.40. The Morgan fingerprint density at radius 2 is 2.06 bits per heavy atom. The SMILES string of the molecule is CCC(O)Cn1cc(NC(=O)c2cc(COc3ccccc3C(F)(F)F)ccn2)cn1. The number of para-hydroxylation sites is 1. The molecule has 3 aromatic rings. The molecule has 0 aliphatic carbocycles. The minimum atomic E-state index is -4.53. The van der Waals surface area contributed by atoms with Gasteiger partial charge in [-0.1, -0.05) is 19.1 Å². The molecule has 0 radical (unpaired) electrons. The fourth-order valence-corrected chi connectivity index (χ4v) is 2.74. The lowest BCUT2D eigenvalue weighted by atomic mass is 10.2. The zero-order chi connectivity index (χ0) is 22.4. The molecule has 7 nitrogen and oxygen atoms in total. The Bertz CT molecular complexity index is 1040. The van der Waals surface area contributed by atoms with Gasteiger partial charge in [-0.05, 0) is 36.2 Å². The van der Waals surface area contributed by atoms with Crippen LogP contribution in [0, 0.1) is 0 Å². The van der Waals surface area contributed by atoms with Crippen molar-refractivity contribution in [2.45, 2.75) is 38.8 Å². The van der Waals surface area contributed by atoms with E-state index in [2.05, 4.69) is 15.4 Å². The Labute approximate surface area is 176 Å².